The molecule has 12 rings (SSSR count). The van der Waals surface area contributed by atoms with Gasteiger partial charge in [0.2, 0.25) is 0 Å². The Hall–Kier alpha value is -7.87. The van der Waals surface area contributed by atoms with E-state index >= 15 is 4.39 Å². The summed E-state index contributed by atoms with van der Waals surface area (Å²) in [6, 6.07) is 74.0. The van der Waals surface area contributed by atoms with Gasteiger partial charge in [-0.25, -0.2) is 14.4 Å². The van der Waals surface area contributed by atoms with Gasteiger partial charge in [-0.1, -0.05) is 158 Å². The number of imidazole rings is 1. The predicted octanol–water partition coefficient (Wildman–Crippen LogP) is 11.0. The molecule has 0 N–H and O–H groups in total. The third kappa shape index (κ3) is 5.60. The van der Waals surface area contributed by atoms with Gasteiger partial charge in [0.15, 0.2) is 14.2 Å². The van der Waals surface area contributed by atoms with Crippen LogP contribution in [0.15, 0.2) is 219 Å². The lowest BCUT2D eigenvalue weighted by Crippen LogP contribution is -2.77. The molecule has 1 unspecified atom stereocenters. The topological polar surface area (TPSA) is 38.9 Å². The van der Waals surface area contributed by atoms with E-state index in [9.17, 15) is 0 Å². The Morgan fingerprint density at radius 3 is 1.89 bits per heavy atom. The van der Waals surface area contributed by atoms with Crippen molar-refractivity contribution in [1.29, 1.82) is 0 Å². The fourth-order valence-corrected chi connectivity index (χ4v) is 15.5. The molecule has 3 aromatic heterocycles. The molecule has 1 aliphatic rings. The molecule has 1 atom stereocenters. The molecular formula is C56H40FN5Si. The summed E-state index contributed by atoms with van der Waals surface area (Å²) in [5.74, 6) is 1.66. The van der Waals surface area contributed by atoms with Crippen molar-refractivity contribution in [2.75, 3.05) is 4.90 Å². The van der Waals surface area contributed by atoms with Gasteiger partial charge in [-0.3, -0.25) is 4.90 Å². The van der Waals surface area contributed by atoms with Gasteiger partial charge in [0.1, 0.15) is 11.6 Å². The average molecular weight is 830 g/mol. The molecule has 0 radical (unpaired) electrons. The van der Waals surface area contributed by atoms with Crippen LogP contribution in [-0.4, -0.2) is 27.2 Å². The maximum Gasteiger partial charge on any atom is 0.187 e. The second kappa shape index (κ2) is 14.6. The molecule has 0 bridgehead atoms. The normalized spacial score (nSPS) is 13.6. The van der Waals surface area contributed by atoms with Gasteiger partial charge in [-0.05, 0) is 81.3 Å². The first kappa shape index (κ1) is 36.9. The fraction of sp³-hybridized carbons (Fsp3) is 0.0357. The van der Waals surface area contributed by atoms with Crippen LogP contribution in [0.25, 0.3) is 49.9 Å². The van der Waals surface area contributed by atoms with Crippen molar-refractivity contribution in [3.05, 3.63) is 230 Å². The number of pyridine rings is 1. The highest BCUT2D eigenvalue weighted by molar-refractivity contribution is 7.22. The Morgan fingerprint density at radius 2 is 1.14 bits per heavy atom. The Kier molecular flexibility index (Phi) is 8.59. The maximum absolute atomic E-state index is 17.3. The molecule has 4 heterocycles. The summed E-state index contributed by atoms with van der Waals surface area (Å²) < 4.78 is 21.7. The fourth-order valence-electron chi connectivity index (χ4n) is 10.2. The third-order valence-electron chi connectivity index (χ3n) is 12.9. The van der Waals surface area contributed by atoms with Crippen LogP contribution in [0.3, 0.4) is 0 Å². The van der Waals surface area contributed by atoms with Crippen LogP contribution in [0.5, 0.6) is 0 Å². The molecule has 300 valence electrons. The van der Waals surface area contributed by atoms with Crippen molar-refractivity contribution in [3.63, 3.8) is 0 Å². The van der Waals surface area contributed by atoms with Crippen LogP contribution < -0.4 is 25.6 Å². The molecule has 11 aromatic rings. The highest BCUT2D eigenvalue weighted by Gasteiger charge is 2.51. The van der Waals surface area contributed by atoms with Gasteiger partial charge in [0, 0.05) is 45.6 Å². The minimum Gasteiger partial charge on any atom is -0.327 e. The lowest BCUT2D eigenvalue weighted by atomic mass is 9.99. The number of hydrogen-bond donors (Lipinski definition) is 0. The number of anilines is 3. The standard InChI is InChI=1S/C56H40FN5Si/c1-60-48-32-14-12-30-46(48)59-55(60)40-21-17-19-38(35-40)53(57)39-20-18-24-42(36-39)62-49-33-15-16-34-51(49)63(43-25-7-3-8-26-43,44-27-9-4-10-28-44)54-52-45-29-11-13-31-47(45)61(41-22-5-2-6-23-41)50(52)37-58-56(54)62/h2-37,53H,1H3. The second-order valence-electron chi connectivity index (χ2n) is 16.3. The molecule has 5 nitrogen and oxygen atoms in total. The van der Waals surface area contributed by atoms with Gasteiger partial charge in [-0.15, -0.1) is 0 Å². The summed E-state index contributed by atoms with van der Waals surface area (Å²) in [6.45, 7) is 0. The number of aryl methyl sites for hydroxylation is 1. The van der Waals surface area contributed by atoms with Gasteiger partial charge >= 0.3 is 0 Å². The number of alkyl halides is 1. The van der Waals surface area contributed by atoms with E-state index < -0.39 is 14.2 Å². The van der Waals surface area contributed by atoms with E-state index in [1.54, 1.807) is 0 Å². The molecule has 7 heteroatoms. The number of aromatic nitrogens is 4. The molecular weight excluding hydrogens is 790 g/mol. The van der Waals surface area contributed by atoms with Gasteiger partial charge in [0.25, 0.3) is 0 Å². The van der Waals surface area contributed by atoms with E-state index in [4.69, 9.17) is 9.97 Å². The summed E-state index contributed by atoms with van der Waals surface area (Å²) >= 11 is 0. The largest absolute Gasteiger partial charge is 0.327 e. The molecule has 1 aliphatic heterocycles. The van der Waals surface area contributed by atoms with E-state index in [1.807, 2.05) is 73.9 Å². The molecule has 0 fully saturated rings. The van der Waals surface area contributed by atoms with E-state index in [2.05, 4.69) is 166 Å². The van der Waals surface area contributed by atoms with E-state index in [0.29, 0.717) is 11.1 Å². The van der Waals surface area contributed by atoms with Crippen molar-refractivity contribution in [3.8, 4) is 17.1 Å². The van der Waals surface area contributed by atoms with Crippen molar-refractivity contribution >= 4 is 78.9 Å². The third-order valence-corrected chi connectivity index (χ3v) is 17.8. The Bertz CT molecular complexity index is 3470. The van der Waals surface area contributed by atoms with Gasteiger partial charge < -0.3 is 9.13 Å². The van der Waals surface area contributed by atoms with Crippen LogP contribution >= 0.6 is 0 Å². The molecule has 0 amide bonds. The minimum atomic E-state index is -3.16. The number of fused-ring (bicyclic) bond motifs is 7. The lowest BCUT2D eigenvalue weighted by molar-refractivity contribution is 0.402. The SMILES string of the molecule is Cn1c(-c2cccc(C(F)c3cccc(N4c5ccccc5[Si](c5ccccc5)(c5ccccc5)c5c4ncc4c5c5ccccc5n4-c4ccccc4)c3)c2)nc2ccccc21. The number of para-hydroxylation sites is 5. The van der Waals surface area contributed by atoms with Crippen molar-refractivity contribution < 1.29 is 4.39 Å². The Morgan fingerprint density at radius 1 is 0.540 bits per heavy atom. The first-order valence-electron chi connectivity index (χ1n) is 21.4. The number of hydrogen-bond acceptors (Lipinski definition) is 3. The zero-order chi connectivity index (χ0) is 42.1. The highest BCUT2D eigenvalue weighted by Crippen LogP contribution is 2.43. The number of rotatable bonds is 7. The van der Waals surface area contributed by atoms with Gasteiger partial charge in [0.05, 0.1) is 28.3 Å². The van der Waals surface area contributed by atoms with Crippen LogP contribution in [-0.2, 0) is 7.05 Å². The van der Waals surface area contributed by atoms with Crippen LogP contribution in [0.1, 0.15) is 17.3 Å². The van der Waals surface area contributed by atoms with Gasteiger partial charge in [-0.2, -0.15) is 0 Å². The highest BCUT2D eigenvalue weighted by atomic mass is 28.3. The van der Waals surface area contributed by atoms with E-state index in [-0.39, 0.29) is 0 Å². The molecule has 0 saturated carbocycles. The lowest BCUT2D eigenvalue weighted by Gasteiger charge is -2.44. The summed E-state index contributed by atoms with van der Waals surface area (Å²) in [5, 5.41) is 7.34. The minimum absolute atomic E-state index is 0.565. The Labute approximate surface area is 365 Å². The first-order chi connectivity index (χ1) is 31.1. The number of nitrogens with zero attached hydrogens (tertiary/aromatic N) is 5. The summed E-state index contributed by atoms with van der Waals surface area (Å²) in [5.41, 5.74) is 9.08. The monoisotopic (exact) mass is 829 g/mol. The van der Waals surface area contributed by atoms with Crippen LogP contribution in [0.4, 0.5) is 21.6 Å². The van der Waals surface area contributed by atoms with Crippen LogP contribution in [0.2, 0.25) is 0 Å². The zero-order valence-corrected chi connectivity index (χ0v) is 35.5. The molecule has 63 heavy (non-hydrogen) atoms. The molecule has 0 spiro atoms. The van der Waals surface area contributed by atoms with Crippen LogP contribution in [0, 0.1) is 0 Å². The summed E-state index contributed by atoms with van der Waals surface area (Å²) in [7, 11) is -1.15. The maximum atomic E-state index is 17.3. The zero-order valence-electron chi connectivity index (χ0n) is 34.5. The summed E-state index contributed by atoms with van der Waals surface area (Å²) in [4.78, 5) is 12.8. The Balaban J connectivity index is 1.11. The van der Waals surface area contributed by atoms with E-state index in [0.717, 1.165) is 61.7 Å². The quantitative estimate of drug-likeness (QED) is 0.150. The van der Waals surface area contributed by atoms with Crippen molar-refractivity contribution in [2.24, 2.45) is 7.05 Å². The van der Waals surface area contributed by atoms with Crippen molar-refractivity contribution in [2.45, 2.75) is 6.17 Å². The number of halogens is 1. The molecule has 0 aliphatic carbocycles. The average Bonchev–Trinajstić information content (AvgIpc) is 3.88. The predicted molar refractivity (Wildman–Crippen MR) is 260 cm³/mol. The first-order valence-corrected chi connectivity index (χ1v) is 23.4. The van der Waals surface area contributed by atoms with E-state index in [1.165, 1.54) is 26.1 Å². The second-order valence-corrected chi connectivity index (χ2v) is 20.0. The smallest absolute Gasteiger partial charge is 0.187 e. The number of benzene rings is 8. The van der Waals surface area contributed by atoms with Crippen molar-refractivity contribution in [1.82, 2.24) is 19.1 Å². The molecule has 0 saturated heterocycles. The summed E-state index contributed by atoms with van der Waals surface area (Å²) in [6.07, 6.45) is 0.659. The molecule has 8 aromatic carbocycles.